The Hall–Kier alpha value is -1.59. The Morgan fingerprint density at radius 3 is 2.39 bits per heavy atom. The lowest BCUT2D eigenvalue weighted by Gasteiger charge is -2.60. The van der Waals surface area contributed by atoms with E-state index < -0.39 is 0 Å². The summed E-state index contributed by atoms with van der Waals surface area (Å²) in [6.45, 7) is 13.9. The summed E-state index contributed by atoms with van der Waals surface area (Å²) in [5.41, 5.74) is -0.00275. The van der Waals surface area contributed by atoms with Crippen LogP contribution in [0.3, 0.4) is 0 Å². The highest BCUT2D eigenvalue weighted by Gasteiger charge is 2.62. The van der Waals surface area contributed by atoms with Crippen LogP contribution in [0.2, 0.25) is 0 Å². The predicted octanol–water partition coefficient (Wildman–Crippen LogP) is 4.73. The second kappa shape index (κ2) is 8.57. The fraction of sp³-hybridized carbons (Fsp3) is 0.889. The van der Waals surface area contributed by atoms with Gasteiger partial charge in [0, 0.05) is 31.5 Å². The van der Waals surface area contributed by atoms with Crippen LogP contribution in [0.25, 0.3) is 0 Å². The second-order valence-electron chi connectivity index (χ2n) is 13.1. The zero-order valence-corrected chi connectivity index (χ0v) is 21.6. The van der Waals surface area contributed by atoms with Gasteiger partial charge in [-0.3, -0.25) is 14.5 Å². The van der Waals surface area contributed by atoms with E-state index in [1.165, 1.54) is 4.90 Å². The lowest BCUT2D eigenvalue weighted by Crippen LogP contribution is -2.61. The second-order valence-corrected chi connectivity index (χ2v) is 13.1. The van der Waals surface area contributed by atoms with Gasteiger partial charge in [0.15, 0.2) is 0 Å². The van der Waals surface area contributed by atoms with Gasteiger partial charge in [0.05, 0.1) is 0 Å². The summed E-state index contributed by atoms with van der Waals surface area (Å²) in [4.78, 5) is 40.4. The van der Waals surface area contributed by atoms with Crippen molar-refractivity contribution >= 4 is 17.8 Å². The first-order valence-electron chi connectivity index (χ1n) is 13.3. The summed E-state index contributed by atoms with van der Waals surface area (Å²) >= 11 is 0. The number of carbonyl (C=O) groups excluding carboxylic acids is 3. The minimum absolute atomic E-state index is 0.0316. The average Bonchev–Trinajstić information content (AvgIpc) is 3.09. The number of nitrogens with zero attached hydrogens (tertiary/aromatic N) is 1. The minimum atomic E-state index is -0.246. The molecule has 0 radical (unpaired) electrons. The maximum Gasteiger partial charge on any atom is 0.324 e. The molecule has 0 aromatic rings. The molecule has 3 saturated carbocycles. The van der Waals surface area contributed by atoms with Crippen molar-refractivity contribution < 1.29 is 14.4 Å². The third-order valence-electron chi connectivity index (χ3n) is 9.86. The maximum absolute atomic E-state index is 13.9. The Kier molecular flexibility index (Phi) is 6.37. The van der Waals surface area contributed by atoms with Gasteiger partial charge >= 0.3 is 6.03 Å². The van der Waals surface area contributed by atoms with Gasteiger partial charge in [0.25, 0.3) is 0 Å². The molecule has 0 spiro atoms. The molecule has 0 bridgehead atoms. The molecule has 4 rings (SSSR count). The fourth-order valence-corrected chi connectivity index (χ4v) is 8.27. The molecule has 7 atom stereocenters. The topological polar surface area (TPSA) is 78.5 Å². The largest absolute Gasteiger partial charge is 0.353 e. The summed E-state index contributed by atoms with van der Waals surface area (Å²) in [7, 11) is 0. The Morgan fingerprint density at radius 2 is 1.73 bits per heavy atom. The zero-order chi connectivity index (χ0) is 24.2. The standard InChI is InChI=1S/C27H45N3O3/c1-7-28-24(33)30(16-25(2,3)4)23(32)20-10-9-18-17-8-11-21-27(6,15-13-22(31)29-21)19(17)12-14-26(18,20)5/h17-21H,7-16H2,1-6H3,(H,28,33)(H,29,31)/t17-,18-,19+,20?,21?,26-,27+/m0/s1. The molecule has 3 aliphatic carbocycles. The van der Waals surface area contributed by atoms with Crippen molar-refractivity contribution in [3.05, 3.63) is 0 Å². The third-order valence-corrected chi connectivity index (χ3v) is 9.86. The van der Waals surface area contributed by atoms with Crippen LogP contribution in [0.4, 0.5) is 4.79 Å². The summed E-state index contributed by atoms with van der Waals surface area (Å²) in [5, 5.41) is 6.18. The average molecular weight is 460 g/mol. The van der Waals surface area contributed by atoms with Crippen molar-refractivity contribution in [2.24, 2.45) is 39.9 Å². The number of carbonyl (C=O) groups is 3. The molecule has 6 nitrogen and oxygen atoms in total. The number of rotatable bonds is 3. The van der Waals surface area contributed by atoms with E-state index in [9.17, 15) is 14.4 Å². The molecule has 33 heavy (non-hydrogen) atoms. The van der Waals surface area contributed by atoms with Crippen LogP contribution in [0.5, 0.6) is 0 Å². The summed E-state index contributed by atoms with van der Waals surface area (Å²) in [6.07, 6.45) is 7.99. The molecule has 4 aliphatic rings. The lowest BCUT2D eigenvalue weighted by atomic mass is 9.47. The molecule has 2 N–H and O–H groups in total. The van der Waals surface area contributed by atoms with Crippen molar-refractivity contribution in [2.75, 3.05) is 13.1 Å². The van der Waals surface area contributed by atoms with E-state index >= 15 is 0 Å². The van der Waals surface area contributed by atoms with E-state index in [0.29, 0.717) is 43.3 Å². The summed E-state index contributed by atoms with van der Waals surface area (Å²) in [6, 6.07) is 0.0623. The molecule has 1 saturated heterocycles. The normalized spacial score (nSPS) is 40.2. The van der Waals surface area contributed by atoms with Gasteiger partial charge in [-0.25, -0.2) is 4.79 Å². The van der Waals surface area contributed by atoms with E-state index in [-0.39, 0.29) is 40.0 Å². The van der Waals surface area contributed by atoms with Crippen molar-refractivity contribution in [1.29, 1.82) is 0 Å². The summed E-state index contributed by atoms with van der Waals surface area (Å²) < 4.78 is 0. The lowest BCUT2D eigenvalue weighted by molar-refractivity contribution is -0.146. The fourth-order valence-electron chi connectivity index (χ4n) is 8.27. The van der Waals surface area contributed by atoms with Crippen molar-refractivity contribution in [3.63, 3.8) is 0 Å². The molecule has 1 heterocycles. The highest BCUT2D eigenvalue weighted by atomic mass is 16.2. The number of nitrogens with one attached hydrogen (secondary N) is 2. The Balaban J connectivity index is 1.56. The van der Waals surface area contributed by atoms with E-state index in [0.717, 1.165) is 44.9 Å². The number of fused-ring (bicyclic) bond motifs is 5. The van der Waals surface area contributed by atoms with Crippen LogP contribution in [0.15, 0.2) is 0 Å². The number of piperidine rings is 1. The van der Waals surface area contributed by atoms with Gasteiger partial charge in [-0.1, -0.05) is 34.6 Å². The van der Waals surface area contributed by atoms with Crippen LogP contribution >= 0.6 is 0 Å². The number of urea groups is 1. The van der Waals surface area contributed by atoms with Gasteiger partial charge in [0.1, 0.15) is 0 Å². The molecule has 4 fully saturated rings. The maximum atomic E-state index is 13.9. The number of hydrogen-bond donors (Lipinski definition) is 2. The molecule has 4 amide bonds. The molecule has 6 heteroatoms. The molecule has 0 aromatic carbocycles. The first kappa shape index (κ1) is 24.5. The van der Waals surface area contributed by atoms with Gasteiger partial charge in [-0.05, 0) is 85.9 Å². The van der Waals surface area contributed by atoms with Crippen molar-refractivity contribution in [3.8, 4) is 0 Å². The molecule has 186 valence electrons. The Morgan fingerprint density at radius 1 is 1.03 bits per heavy atom. The molecular formula is C27H45N3O3. The van der Waals surface area contributed by atoms with Gasteiger partial charge < -0.3 is 10.6 Å². The number of amides is 4. The Bertz CT molecular complexity index is 805. The van der Waals surface area contributed by atoms with Gasteiger partial charge in [-0.2, -0.15) is 0 Å². The summed E-state index contributed by atoms with van der Waals surface area (Å²) in [5.74, 6) is 1.95. The quantitative estimate of drug-likeness (QED) is 0.640. The molecular weight excluding hydrogens is 414 g/mol. The van der Waals surface area contributed by atoms with Gasteiger partial charge in [0.2, 0.25) is 11.8 Å². The van der Waals surface area contributed by atoms with Crippen molar-refractivity contribution in [2.45, 2.75) is 99.0 Å². The third kappa shape index (κ3) is 4.20. The van der Waals surface area contributed by atoms with Crippen molar-refractivity contribution in [1.82, 2.24) is 15.5 Å². The predicted molar refractivity (Wildman–Crippen MR) is 129 cm³/mol. The van der Waals surface area contributed by atoms with Crippen LogP contribution in [0, 0.1) is 39.9 Å². The monoisotopic (exact) mass is 459 g/mol. The van der Waals surface area contributed by atoms with E-state index in [1.807, 2.05) is 6.92 Å². The highest BCUT2D eigenvalue weighted by Crippen LogP contribution is 2.65. The molecule has 1 aliphatic heterocycles. The number of imide groups is 1. The van der Waals surface area contributed by atoms with Crippen LogP contribution in [-0.2, 0) is 9.59 Å². The number of hydrogen-bond acceptors (Lipinski definition) is 3. The van der Waals surface area contributed by atoms with E-state index in [1.54, 1.807) is 0 Å². The van der Waals surface area contributed by atoms with E-state index in [4.69, 9.17) is 0 Å². The minimum Gasteiger partial charge on any atom is -0.353 e. The first-order valence-corrected chi connectivity index (χ1v) is 13.3. The highest BCUT2D eigenvalue weighted by molar-refractivity contribution is 5.96. The first-order chi connectivity index (χ1) is 15.4. The van der Waals surface area contributed by atoms with Gasteiger partial charge in [-0.15, -0.1) is 0 Å². The molecule has 0 aromatic heterocycles. The van der Waals surface area contributed by atoms with E-state index in [2.05, 4.69) is 45.3 Å². The Labute approximate surface area is 200 Å². The SMILES string of the molecule is CCNC(=O)N(CC(C)(C)C)C(=O)C1CC[C@H]2[C@@H]3CCC4NC(=O)CC[C@]4(C)[C@@H]3CC[C@]12C. The van der Waals surface area contributed by atoms with Crippen LogP contribution in [0.1, 0.15) is 92.9 Å². The smallest absolute Gasteiger partial charge is 0.324 e. The van der Waals surface area contributed by atoms with Crippen LogP contribution in [-0.4, -0.2) is 41.9 Å². The van der Waals surface area contributed by atoms with Crippen LogP contribution < -0.4 is 10.6 Å². The zero-order valence-electron chi connectivity index (χ0n) is 21.6. The molecule has 2 unspecified atom stereocenters.